The molecule has 0 spiro atoms. The summed E-state index contributed by atoms with van der Waals surface area (Å²) in [4.78, 5) is 2.09. The second-order valence-electron chi connectivity index (χ2n) is 5.10. The molecule has 0 aromatic carbocycles. The Morgan fingerprint density at radius 3 is 2.88 bits per heavy atom. The molecule has 0 radical (unpaired) electrons. The fourth-order valence-corrected chi connectivity index (χ4v) is 2.22. The smallest absolute Gasteiger partial charge is 0.0974 e. The van der Waals surface area contributed by atoms with E-state index in [1.807, 2.05) is 18.8 Å². The van der Waals surface area contributed by atoms with Crippen molar-refractivity contribution in [2.75, 3.05) is 20.6 Å². The zero-order valence-electron chi connectivity index (χ0n) is 10.4. The van der Waals surface area contributed by atoms with Crippen molar-refractivity contribution in [2.45, 2.75) is 31.9 Å². The fourth-order valence-electron chi connectivity index (χ4n) is 1.96. The van der Waals surface area contributed by atoms with Crippen LogP contribution in [0.4, 0.5) is 0 Å². The molecule has 1 unspecified atom stereocenters. The van der Waals surface area contributed by atoms with E-state index in [0.29, 0.717) is 10.9 Å². The van der Waals surface area contributed by atoms with E-state index in [0.717, 1.165) is 25.2 Å². The maximum atomic E-state index is 10.2. The lowest BCUT2D eigenvalue weighted by atomic mass is 10.1. The monoisotopic (exact) mass is 257 g/mol. The van der Waals surface area contributed by atoms with Gasteiger partial charge in [-0.15, -0.1) is 0 Å². The summed E-state index contributed by atoms with van der Waals surface area (Å²) in [5.74, 6) is 0.679. The zero-order chi connectivity index (χ0) is 12.4. The topological polar surface area (TPSA) is 41.3 Å². The van der Waals surface area contributed by atoms with Gasteiger partial charge in [0.1, 0.15) is 0 Å². The number of hydrogen-bond donors (Lipinski definition) is 1. The van der Waals surface area contributed by atoms with E-state index in [9.17, 15) is 5.11 Å². The standard InChI is InChI=1S/C12H20ClN3O/c1-15(2)5-6-16-12(10(13)8-14-16)11(17)7-9-3-4-9/h8-9,11,17H,3-7H2,1-2H3. The molecule has 1 fully saturated rings. The van der Waals surface area contributed by atoms with Crippen LogP contribution < -0.4 is 0 Å². The Bertz CT molecular complexity index is 374. The SMILES string of the molecule is CN(C)CCn1ncc(Cl)c1C(O)CC1CC1. The Balaban J connectivity index is 2.04. The van der Waals surface area contributed by atoms with Crippen LogP contribution in [0.2, 0.25) is 5.02 Å². The van der Waals surface area contributed by atoms with E-state index in [1.54, 1.807) is 6.20 Å². The third-order valence-electron chi connectivity index (χ3n) is 3.16. The van der Waals surface area contributed by atoms with Crippen LogP contribution in [-0.4, -0.2) is 40.4 Å². The molecule has 2 rings (SSSR count). The molecule has 1 N–H and O–H groups in total. The van der Waals surface area contributed by atoms with Crippen molar-refractivity contribution in [1.82, 2.24) is 14.7 Å². The molecule has 1 atom stereocenters. The highest BCUT2D eigenvalue weighted by molar-refractivity contribution is 6.31. The number of likely N-dealkylation sites (N-methyl/N-ethyl adjacent to an activating group) is 1. The molecule has 1 heterocycles. The Hall–Kier alpha value is -0.580. The van der Waals surface area contributed by atoms with Gasteiger partial charge in [-0.1, -0.05) is 24.4 Å². The van der Waals surface area contributed by atoms with Crippen molar-refractivity contribution < 1.29 is 5.11 Å². The molecule has 96 valence electrons. The van der Waals surface area contributed by atoms with Gasteiger partial charge in [-0.3, -0.25) is 4.68 Å². The van der Waals surface area contributed by atoms with Gasteiger partial charge < -0.3 is 10.0 Å². The van der Waals surface area contributed by atoms with Crippen LogP contribution in [0.3, 0.4) is 0 Å². The summed E-state index contributed by atoms with van der Waals surface area (Å²) in [5, 5.41) is 15.0. The average molecular weight is 258 g/mol. The molecular formula is C12H20ClN3O. The molecule has 17 heavy (non-hydrogen) atoms. The van der Waals surface area contributed by atoms with Crippen LogP contribution in [0.1, 0.15) is 31.1 Å². The first-order valence-corrected chi connectivity index (χ1v) is 6.49. The molecule has 1 aromatic heterocycles. The van der Waals surface area contributed by atoms with E-state index in [-0.39, 0.29) is 0 Å². The van der Waals surface area contributed by atoms with Gasteiger partial charge >= 0.3 is 0 Å². The molecular weight excluding hydrogens is 238 g/mol. The average Bonchev–Trinajstić information content (AvgIpc) is 2.97. The Morgan fingerprint density at radius 1 is 1.59 bits per heavy atom. The quantitative estimate of drug-likeness (QED) is 0.847. The third kappa shape index (κ3) is 3.44. The Labute approximate surface area is 107 Å². The molecule has 1 aliphatic rings. The van der Waals surface area contributed by atoms with Crippen LogP contribution in [0, 0.1) is 5.92 Å². The maximum absolute atomic E-state index is 10.2. The van der Waals surface area contributed by atoms with Crippen molar-refractivity contribution >= 4 is 11.6 Å². The molecule has 0 amide bonds. The third-order valence-corrected chi connectivity index (χ3v) is 3.45. The fraction of sp³-hybridized carbons (Fsp3) is 0.750. The summed E-state index contributed by atoms with van der Waals surface area (Å²) in [6.07, 6.45) is 4.44. The molecule has 4 nitrogen and oxygen atoms in total. The second kappa shape index (κ2) is 5.38. The summed E-state index contributed by atoms with van der Waals surface area (Å²) in [5.41, 5.74) is 0.778. The van der Waals surface area contributed by atoms with Gasteiger partial charge in [0.2, 0.25) is 0 Å². The highest BCUT2D eigenvalue weighted by atomic mass is 35.5. The lowest BCUT2D eigenvalue weighted by Gasteiger charge is -2.15. The summed E-state index contributed by atoms with van der Waals surface area (Å²) < 4.78 is 1.83. The van der Waals surface area contributed by atoms with Gasteiger partial charge in [-0.05, 0) is 26.4 Å². The normalized spacial score (nSPS) is 17.7. The number of nitrogens with zero attached hydrogens (tertiary/aromatic N) is 3. The van der Waals surface area contributed by atoms with Crippen molar-refractivity contribution in [3.63, 3.8) is 0 Å². The minimum Gasteiger partial charge on any atom is -0.387 e. The number of rotatable bonds is 6. The van der Waals surface area contributed by atoms with E-state index in [4.69, 9.17) is 11.6 Å². The van der Waals surface area contributed by atoms with Crippen molar-refractivity contribution in [3.05, 3.63) is 16.9 Å². The Kier molecular flexibility index (Phi) is 4.07. The molecule has 0 aliphatic heterocycles. The predicted octanol–water partition coefficient (Wildman–Crippen LogP) is 1.93. The summed E-state index contributed by atoms with van der Waals surface area (Å²) in [7, 11) is 4.04. The van der Waals surface area contributed by atoms with Crippen molar-refractivity contribution in [1.29, 1.82) is 0 Å². The number of hydrogen-bond acceptors (Lipinski definition) is 3. The van der Waals surface area contributed by atoms with Gasteiger partial charge in [-0.2, -0.15) is 5.10 Å². The highest BCUT2D eigenvalue weighted by Crippen LogP contribution is 2.38. The van der Waals surface area contributed by atoms with Gasteiger partial charge in [0, 0.05) is 6.54 Å². The lowest BCUT2D eigenvalue weighted by molar-refractivity contribution is 0.148. The molecule has 0 bridgehead atoms. The lowest BCUT2D eigenvalue weighted by Crippen LogP contribution is -2.21. The first kappa shape index (κ1) is 12.9. The maximum Gasteiger partial charge on any atom is 0.0974 e. The molecule has 5 heteroatoms. The van der Waals surface area contributed by atoms with E-state index >= 15 is 0 Å². The molecule has 1 aromatic rings. The van der Waals surface area contributed by atoms with E-state index in [2.05, 4.69) is 10.00 Å². The van der Waals surface area contributed by atoms with Crippen LogP contribution >= 0.6 is 11.6 Å². The van der Waals surface area contributed by atoms with Crippen molar-refractivity contribution in [3.8, 4) is 0 Å². The Morgan fingerprint density at radius 2 is 2.29 bits per heavy atom. The van der Waals surface area contributed by atoms with Crippen molar-refractivity contribution in [2.24, 2.45) is 5.92 Å². The van der Waals surface area contributed by atoms with Gasteiger partial charge in [-0.25, -0.2) is 0 Å². The molecule has 1 aliphatic carbocycles. The first-order valence-electron chi connectivity index (χ1n) is 6.12. The van der Waals surface area contributed by atoms with Crippen LogP contribution in [-0.2, 0) is 6.54 Å². The predicted molar refractivity (Wildman–Crippen MR) is 68.1 cm³/mol. The van der Waals surface area contributed by atoms with E-state index < -0.39 is 6.10 Å². The van der Waals surface area contributed by atoms with Gasteiger partial charge in [0.05, 0.1) is 29.6 Å². The first-order chi connectivity index (χ1) is 8.08. The number of aromatic nitrogens is 2. The molecule has 1 saturated carbocycles. The second-order valence-corrected chi connectivity index (χ2v) is 5.51. The summed E-state index contributed by atoms with van der Waals surface area (Å²) in [6, 6.07) is 0. The number of aliphatic hydroxyl groups excluding tert-OH is 1. The minimum atomic E-state index is -0.473. The van der Waals surface area contributed by atoms with Gasteiger partial charge in [0.25, 0.3) is 0 Å². The van der Waals surface area contributed by atoms with Gasteiger partial charge in [0.15, 0.2) is 0 Å². The van der Waals surface area contributed by atoms with Crippen LogP contribution in [0.5, 0.6) is 0 Å². The zero-order valence-corrected chi connectivity index (χ0v) is 11.2. The molecule has 0 saturated heterocycles. The van der Waals surface area contributed by atoms with Crippen LogP contribution in [0.15, 0.2) is 6.20 Å². The number of halogens is 1. The highest BCUT2D eigenvalue weighted by Gasteiger charge is 2.28. The van der Waals surface area contributed by atoms with E-state index in [1.165, 1.54) is 12.8 Å². The van der Waals surface area contributed by atoms with Crippen LogP contribution in [0.25, 0.3) is 0 Å². The number of aliphatic hydroxyl groups is 1. The summed E-state index contributed by atoms with van der Waals surface area (Å²) >= 11 is 6.10. The summed E-state index contributed by atoms with van der Waals surface area (Å²) in [6.45, 7) is 1.65. The minimum absolute atomic E-state index is 0.473. The largest absolute Gasteiger partial charge is 0.387 e.